The number of hydrogen-bond donors (Lipinski definition) is 1. The lowest BCUT2D eigenvalue weighted by atomic mass is 9.82. The fourth-order valence-electron chi connectivity index (χ4n) is 2.01. The second-order valence-electron chi connectivity index (χ2n) is 4.17. The Kier molecular flexibility index (Phi) is 3.69. The number of aliphatic carboxylic acids is 1. The van der Waals surface area contributed by atoms with Crippen LogP contribution in [0, 0.1) is 5.92 Å². The van der Waals surface area contributed by atoms with Gasteiger partial charge in [0, 0.05) is 5.54 Å². The van der Waals surface area contributed by atoms with Gasteiger partial charge in [-0.15, -0.1) is 0 Å². The Morgan fingerprint density at radius 1 is 1.53 bits per heavy atom. The van der Waals surface area contributed by atoms with Crippen molar-refractivity contribution in [2.45, 2.75) is 26.3 Å². The van der Waals surface area contributed by atoms with E-state index in [2.05, 4.69) is 26.0 Å². The molecular weight excluding hydrogens is 190 g/mol. The molecule has 0 amide bonds. The Hall–Kier alpha value is -1.09. The van der Waals surface area contributed by atoms with Crippen LogP contribution in [-0.2, 0) is 4.79 Å². The van der Waals surface area contributed by atoms with Gasteiger partial charge in [0.25, 0.3) is 0 Å². The maximum absolute atomic E-state index is 10.8. The number of carboxylic acid groups (broad SMARTS) is 1. The molecule has 0 aromatic carbocycles. The van der Waals surface area contributed by atoms with Crippen molar-refractivity contribution in [2.75, 3.05) is 13.1 Å². The van der Waals surface area contributed by atoms with Crippen LogP contribution >= 0.6 is 0 Å². The highest BCUT2D eigenvalue weighted by Gasteiger charge is 2.34. The zero-order chi connectivity index (χ0) is 11.5. The second-order valence-corrected chi connectivity index (χ2v) is 4.17. The highest BCUT2D eigenvalue weighted by Crippen LogP contribution is 2.29. The molecule has 15 heavy (non-hydrogen) atoms. The van der Waals surface area contributed by atoms with Gasteiger partial charge in [0.1, 0.15) is 0 Å². The van der Waals surface area contributed by atoms with Crippen LogP contribution in [-0.4, -0.2) is 34.6 Å². The maximum atomic E-state index is 10.8. The van der Waals surface area contributed by atoms with Gasteiger partial charge in [-0.25, -0.2) is 0 Å². The quantitative estimate of drug-likeness (QED) is 0.769. The van der Waals surface area contributed by atoms with Gasteiger partial charge < -0.3 is 5.11 Å². The van der Waals surface area contributed by atoms with Gasteiger partial charge in [-0.3, -0.25) is 9.69 Å². The number of hydrogen-bond acceptors (Lipinski definition) is 2. The monoisotopic (exact) mass is 209 g/mol. The molecule has 3 heteroatoms. The Bertz CT molecular complexity index is 296. The molecule has 2 atom stereocenters. The van der Waals surface area contributed by atoms with Crippen LogP contribution in [0.5, 0.6) is 0 Å². The van der Waals surface area contributed by atoms with Gasteiger partial charge in [0.05, 0.1) is 6.54 Å². The summed E-state index contributed by atoms with van der Waals surface area (Å²) in [6, 6.07) is 0. The van der Waals surface area contributed by atoms with E-state index >= 15 is 0 Å². The summed E-state index contributed by atoms with van der Waals surface area (Å²) < 4.78 is 0. The lowest BCUT2D eigenvalue weighted by molar-refractivity contribution is -0.139. The molecule has 0 saturated carbocycles. The summed E-state index contributed by atoms with van der Waals surface area (Å²) >= 11 is 0. The standard InChI is InChI=1S/C12H19NO2/c1-4-13(9-11(14)15)12(3)8-6-5-7-10(12)2/h5-8,10H,4,9H2,1-3H3,(H,14,15). The summed E-state index contributed by atoms with van der Waals surface area (Å²) in [6.45, 7) is 7.03. The lowest BCUT2D eigenvalue weighted by Gasteiger charge is -2.42. The Morgan fingerprint density at radius 3 is 2.67 bits per heavy atom. The highest BCUT2D eigenvalue weighted by molar-refractivity contribution is 5.69. The van der Waals surface area contributed by atoms with Crippen molar-refractivity contribution in [3.63, 3.8) is 0 Å². The van der Waals surface area contributed by atoms with E-state index in [4.69, 9.17) is 5.11 Å². The van der Waals surface area contributed by atoms with E-state index in [1.54, 1.807) is 0 Å². The van der Waals surface area contributed by atoms with E-state index in [1.807, 2.05) is 24.0 Å². The zero-order valence-corrected chi connectivity index (χ0v) is 9.60. The summed E-state index contributed by atoms with van der Waals surface area (Å²) in [6.07, 6.45) is 8.21. The van der Waals surface area contributed by atoms with Gasteiger partial charge in [0.15, 0.2) is 0 Å². The minimum atomic E-state index is -0.770. The molecule has 0 aromatic rings. The van der Waals surface area contributed by atoms with E-state index in [1.165, 1.54) is 0 Å². The van der Waals surface area contributed by atoms with Crippen LogP contribution in [0.1, 0.15) is 20.8 Å². The first-order chi connectivity index (χ1) is 7.00. The molecule has 0 aliphatic heterocycles. The summed E-state index contributed by atoms with van der Waals surface area (Å²) in [4.78, 5) is 12.8. The van der Waals surface area contributed by atoms with Crippen molar-refractivity contribution in [2.24, 2.45) is 5.92 Å². The smallest absolute Gasteiger partial charge is 0.317 e. The van der Waals surface area contributed by atoms with E-state index in [0.717, 1.165) is 6.54 Å². The van der Waals surface area contributed by atoms with Crippen LogP contribution in [0.2, 0.25) is 0 Å². The van der Waals surface area contributed by atoms with Gasteiger partial charge in [0.2, 0.25) is 0 Å². The van der Waals surface area contributed by atoms with E-state index in [9.17, 15) is 4.79 Å². The summed E-state index contributed by atoms with van der Waals surface area (Å²) in [5, 5.41) is 8.86. The van der Waals surface area contributed by atoms with E-state index in [-0.39, 0.29) is 12.1 Å². The van der Waals surface area contributed by atoms with Crippen LogP contribution < -0.4 is 0 Å². The molecule has 1 aliphatic rings. The molecule has 84 valence electrons. The number of nitrogens with zero attached hydrogens (tertiary/aromatic N) is 1. The number of carbonyl (C=O) groups is 1. The molecule has 2 unspecified atom stereocenters. The number of allylic oxidation sites excluding steroid dienone is 2. The fraction of sp³-hybridized carbons (Fsp3) is 0.583. The Morgan fingerprint density at radius 2 is 2.20 bits per heavy atom. The van der Waals surface area contributed by atoms with Gasteiger partial charge >= 0.3 is 5.97 Å². The van der Waals surface area contributed by atoms with E-state index in [0.29, 0.717) is 5.92 Å². The first-order valence-electron chi connectivity index (χ1n) is 5.33. The second kappa shape index (κ2) is 4.62. The first-order valence-corrected chi connectivity index (χ1v) is 5.33. The van der Waals surface area contributed by atoms with Gasteiger partial charge in [-0.05, 0) is 19.4 Å². The van der Waals surface area contributed by atoms with Crippen LogP contribution in [0.15, 0.2) is 24.3 Å². The number of likely N-dealkylation sites (N-methyl/N-ethyl adjacent to an activating group) is 1. The molecule has 0 bridgehead atoms. The molecule has 1 N–H and O–H groups in total. The van der Waals surface area contributed by atoms with Gasteiger partial charge in [-0.1, -0.05) is 38.2 Å². The van der Waals surface area contributed by atoms with Crippen molar-refractivity contribution in [1.82, 2.24) is 4.90 Å². The molecule has 3 nitrogen and oxygen atoms in total. The number of rotatable bonds is 4. The van der Waals surface area contributed by atoms with Crippen LogP contribution in [0.4, 0.5) is 0 Å². The summed E-state index contributed by atoms with van der Waals surface area (Å²) in [5.41, 5.74) is -0.179. The minimum absolute atomic E-state index is 0.0928. The van der Waals surface area contributed by atoms with Crippen molar-refractivity contribution in [1.29, 1.82) is 0 Å². The van der Waals surface area contributed by atoms with Crippen molar-refractivity contribution in [3.05, 3.63) is 24.3 Å². The summed E-state index contributed by atoms with van der Waals surface area (Å²) in [5.74, 6) is -0.435. The normalized spacial score (nSPS) is 29.7. The lowest BCUT2D eigenvalue weighted by Crippen LogP contribution is -2.51. The third-order valence-corrected chi connectivity index (χ3v) is 3.26. The van der Waals surface area contributed by atoms with Crippen molar-refractivity contribution < 1.29 is 9.90 Å². The van der Waals surface area contributed by atoms with E-state index < -0.39 is 5.97 Å². The van der Waals surface area contributed by atoms with Crippen LogP contribution in [0.3, 0.4) is 0 Å². The minimum Gasteiger partial charge on any atom is -0.480 e. The zero-order valence-electron chi connectivity index (χ0n) is 9.60. The SMILES string of the molecule is CCN(CC(=O)O)C1(C)C=CC=CC1C. The molecule has 0 radical (unpaired) electrons. The third-order valence-electron chi connectivity index (χ3n) is 3.26. The van der Waals surface area contributed by atoms with Crippen molar-refractivity contribution in [3.8, 4) is 0 Å². The summed E-state index contributed by atoms with van der Waals surface area (Å²) in [7, 11) is 0. The van der Waals surface area contributed by atoms with Crippen molar-refractivity contribution >= 4 is 5.97 Å². The molecule has 0 heterocycles. The maximum Gasteiger partial charge on any atom is 0.317 e. The largest absolute Gasteiger partial charge is 0.480 e. The average molecular weight is 209 g/mol. The molecule has 0 fully saturated rings. The molecular formula is C12H19NO2. The van der Waals surface area contributed by atoms with Crippen LogP contribution in [0.25, 0.3) is 0 Å². The number of carboxylic acids is 1. The molecule has 0 saturated heterocycles. The Balaban J connectivity index is 2.86. The molecule has 0 aromatic heterocycles. The highest BCUT2D eigenvalue weighted by atomic mass is 16.4. The topological polar surface area (TPSA) is 40.5 Å². The Labute approximate surface area is 91.1 Å². The molecule has 1 rings (SSSR count). The van der Waals surface area contributed by atoms with Gasteiger partial charge in [-0.2, -0.15) is 0 Å². The predicted octanol–water partition coefficient (Wildman–Crippen LogP) is 1.91. The predicted molar refractivity (Wildman–Crippen MR) is 60.7 cm³/mol. The third kappa shape index (κ3) is 2.48. The molecule has 0 spiro atoms. The fourth-order valence-corrected chi connectivity index (χ4v) is 2.01. The first kappa shape index (κ1) is 12.0. The average Bonchev–Trinajstić information content (AvgIpc) is 2.18. The molecule has 1 aliphatic carbocycles.